The van der Waals surface area contributed by atoms with Gasteiger partial charge in [0.2, 0.25) is 0 Å². The Morgan fingerprint density at radius 1 is 1.17 bits per heavy atom. The fourth-order valence-corrected chi connectivity index (χ4v) is 3.71. The third kappa shape index (κ3) is 4.25. The first-order chi connectivity index (χ1) is 13.8. The van der Waals surface area contributed by atoms with Crippen LogP contribution in [0.1, 0.15) is 41.3 Å². The number of rotatable bonds is 4. The molecule has 0 N–H and O–H groups in total. The highest BCUT2D eigenvalue weighted by molar-refractivity contribution is 6.32. The van der Waals surface area contributed by atoms with Crippen LogP contribution >= 0.6 is 11.6 Å². The Morgan fingerprint density at radius 2 is 1.90 bits per heavy atom. The monoisotopic (exact) mass is 419 g/mol. The first-order valence-electron chi connectivity index (χ1n) is 9.38. The minimum atomic E-state index is -4.63. The van der Waals surface area contributed by atoms with E-state index in [1.807, 2.05) is 19.1 Å². The number of nitrogens with zero attached hydrogens (tertiary/aromatic N) is 1. The van der Waals surface area contributed by atoms with Gasteiger partial charge >= 0.3 is 6.18 Å². The van der Waals surface area contributed by atoms with Crippen LogP contribution in [0.15, 0.2) is 66.4 Å². The Labute approximate surface area is 173 Å². The first kappa shape index (κ1) is 21.2. The highest BCUT2D eigenvalue weighted by atomic mass is 35.5. The average molecular weight is 420 g/mol. The summed E-state index contributed by atoms with van der Waals surface area (Å²) in [6.07, 6.45) is 2.46. The number of halogens is 4. The molecule has 2 nitrogen and oxygen atoms in total. The molecular weight excluding hydrogens is 399 g/mol. The second-order valence-electron chi connectivity index (χ2n) is 6.93. The highest BCUT2D eigenvalue weighted by Gasteiger charge is 2.37. The summed E-state index contributed by atoms with van der Waals surface area (Å²) < 4.78 is 40.8. The standard InChI is InChI=1S/C23H21ClF3NO/c1-3-16-9-4-7-13-21(16)28(20-14-8-12-19(24)15(20)2)22(29)17-10-5-6-11-18(17)23(25,26)27/h4-8,10-14,16H,3,9H2,1-2H3. The molecule has 6 heteroatoms. The van der Waals surface area contributed by atoms with Gasteiger partial charge in [0, 0.05) is 16.6 Å². The van der Waals surface area contributed by atoms with Gasteiger partial charge in [-0.2, -0.15) is 13.2 Å². The second kappa shape index (κ2) is 8.46. The third-order valence-electron chi connectivity index (χ3n) is 5.14. The topological polar surface area (TPSA) is 20.3 Å². The molecule has 0 spiro atoms. The minimum Gasteiger partial charge on any atom is -0.280 e. The van der Waals surface area contributed by atoms with E-state index in [0.29, 0.717) is 28.4 Å². The van der Waals surface area contributed by atoms with Crippen LogP contribution < -0.4 is 4.90 Å². The van der Waals surface area contributed by atoms with E-state index < -0.39 is 17.6 Å². The summed E-state index contributed by atoms with van der Waals surface area (Å²) in [6.45, 7) is 3.75. The lowest BCUT2D eigenvalue weighted by molar-refractivity contribution is -0.137. The second-order valence-corrected chi connectivity index (χ2v) is 7.34. The van der Waals surface area contributed by atoms with Crippen molar-refractivity contribution in [3.63, 3.8) is 0 Å². The maximum absolute atomic E-state index is 13.6. The summed E-state index contributed by atoms with van der Waals surface area (Å²) in [5, 5.41) is 0.449. The van der Waals surface area contributed by atoms with E-state index in [2.05, 4.69) is 0 Å². The number of hydrogen-bond acceptors (Lipinski definition) is 1. The van der Waals surface area contributed by atoms with Crippen molar-refractivity contribution in [2.24, 2.45) is 5.92 Å². The number of hydrogen-bond donors (Lipinski definition) is 0. The molecule has 2 aromatic carbocycles. The molecule has 3 rings (SSSR count). The van der Waals surface area contributed by atoms with Crippen LogP contribution in [0.2, 0.25) is 5.02 Å². The van der Waals surface area contributed by atoms with E-state index in [1.165, 1.54) is 23.1 Å². The number of carbonyl (C=O) groups excluding carboxylic acids is 1. The lowest BCUT2D eigenvalue weighted by atomic mass is 9.91. The fraction of sp³-hybridized carbons (Fsp3) is 0.261. The van der Waals surface area contributed by atoms with Gasteiger partial charge in [0.15, 0.2) is 0 Å². The first-order valence-corrected chi connectivity index (χ1v) is 9.76. The lowest BCUT2D eigenvalue weighted by Gasteiger charge is -2.33. The van der Waals surface area contributed by atoms with E-state index in [1.54, 1.807) is 31.2 Å². The number of carbonyl (C=O) groups is 1. The average Bonchev–Trinajstić information content (AvgIpc) is 2.71. The van der Waals surface area contributed by atoms with E-state index >= 15 is 0 Å². The summed E-state index contributed by atoms with van der Waals surface area (Å²) in [7, 11) is 0. The van der Waals surface area contributed by atoms with Gasteiger partial charge in [-0.1, -0.05) is 48.9 Å². The van der Waals surface area contributed by atoms with Crippen LogP contribution in [0.4, 0.5) is 18.9 Å². The predicted molar refractivity (Wildman–Crippen MR) is 110 cm³/mol. The Kier molecular flexibility index (Phi) is 6.18. The lowest BCUT2D eigenvalue weighted by Crippen LogP contribution is -2.35. The highest BCUT2D eigenvalue weighted by Crippen LogP contribution is 2.38. The molecule has 29 heavy (non-hydrogen) atoms. The Bertz CT molecular complexity index is 978. The summed E-state index contributed by atoms with van der Waals surface area (Å²) >= 11 is 6.27. The molecular formula is C23H21ClF3NO. The van der Waals surface area contributed by atoms with Gasteiger partial charge in [-0.3, -0.25) is 9.69 Å². The zero-order chi connectivity index (χ0) is 21.2. The molecule has 0 bridgehead atoms. The molecule has 0 heterocycles. The fourth-order valence-electron chi connectivity index (χ4n) is 3.54. The Morgan fingerprint density at radius 3 is 2.59 bits per heavy atom. The third-order valence-corrected chi connectivity index (χ3v) is 5.55. The predicted octanol–water partition coefficient (Wildman–Crippen LogP) is 7.18. The maximum atomic E-state index is 13.6. The molecule has 1 unspecified atom stereocenters. The maximum Gasteiger partial charge on any atom is 0.417 e. The quantitative estimate of drug-likeness (QED) is 0.513. The molecule has 1 aliphatic rings. The van der Waals surface area contributed by atoms with Gasteiger partial charge in [-0.25, -0.2) is 0 Å². The van der Waals surface area contributed by atoms with E-state index in [0.717, 1.165) is 12.5 Å². The molecule has 1 atom stereocenters. The van der Waals surface area contributed by atoms with Crippen molar-refractivity contribution in [3.8, 4) is 0 Å². The van der Waals surface area contributed by atoms with Crippen molar-refractivity contribution in [2.45, 2.75) is 32.9 Å². The minimum absolute atomic E-state index is 0.0142. The molecule has 0 fully saturated rings. The van der Waals surface area contributed by atoms with Crippen LogP contribution in [-0.2, 0) is 6.18 Å². The van der Waals surface area contributed by atoms with Gasteiger partial charge in [0.25, 0.3) is 5.91 Å². The van der Waals surface area contributed by atoms with Crippen molar-refractivity contribution in [1.29, 1.82) is 0 Å². The number of amides is 1. The number of benzene rings is 2. The molecule has 0 saturated heterocycles. The van der Waals surface area contributed by atoms with Crippen LogP contribution in [0, 0.1) is 12.8 Å². The molecule has 2 aromatic rings. The molecule has 0 saturated carbocycles. The SMILES string of the molecule is CCC1CC=CC=C1N(C(=O)c1ccccc1C(F)(F)F)c1cccc(Cl)c1C. The summed E-state index contributed by atoms with van der Waals surface area (Å²) in [4.78, 5) is 14.9. The summed E-state index contributed by atoms with van der Waals surface area (Å²) in [5.74, 6) is -0.705. The molecule has 0 radical (unpaired) electrons. The molecule has 152 valence electrons. The van der Waals surface area contributed by atoms with Crippen molar-refractivity contribution in [3.05, 3.63) is 88.1 Å². The Hall–Kier alpha value is -2.53. The number of alkyl halides is 3. The van der Waals surface area contributed by atoms with Crippen molar-refractivity contribution >= 4 is 23.2 Å². The van der Waals surface area contributed by atoms with Crippen molar-refractivity contribution in [1.82, 2.24) is 0 Å². The van der Waals surface area contributed by atoms with Gasteiger partial charge < -0.3 is 0 Å². The van der Waals surface area contributed by atoms with Crippen molar-refractivity contribution in [2.75, 3.05) is 4.90 Å². The van der Waals surface area contributed by atoms with Crippen LogP contribution in [0.3, 0.4) is 0 Å². The largest absolute Gasteiger partial charge is 0.417 e. The van der Waals surface area contributed by atoms with Crippen molar-refractivity contribution < 1.29 is 18.0 Å². The molecule has 0 aromatic heterocycles. The van der Waals surface area contributed by atoms with E-state index in [4.69, 9.17) is 11.6 Å². The van der Waals surface area contributed by atoms with Gasteiger partial charge in [0.1, 0.15) is 0 Å². The van der Waals surface area contributed by atoms with E-state index in [9.17, 15) is 18.0 Å². The van der Waals surface area contributed by atoms with E-state index in [-0.39, 0.29) is 11.5 Å². The van der Waals surface area contributed by atoms with Crippen LogP contribution in [-0.4, -0.2) is 5.91 Å². The number of allylic oxidation sites excluding steroid dienone is 4. The molecule has 0 aliphatic heterocycles. The van der Waals surface area contributed by atoms with Crippen LogP contribution in [0.25, 0.3) is 0 Å². The smallest absolute Gasteiger partial charge is 0.280 e. The van der Waals surface area contributed by atoms with Gasteiger partial charge in [0.05, 0.1) is 16.8 Å². The summed E-state index contributed by atoms with van der Waals surface area (Å²) in [5.41, 5.74) is 0.457. The zero-order valence-corrected chi connectivity index (χ0v) is 16.9. The van der Waals surface area contributed by atoms with Gasteiger partial charge in [-0.05, 0) is 55.7 Å². The molecule has 1 aliphatic carbocycles. The van der Waals surface area contributed by atoms with Gasteiger partial charge in [-0.15, -0.1) is 0 Å². The normalized spacial score (nSPS) is 16.5. The zero-order valence-electron chi connectivity index (χ0n) is 16.1. The molecule has 1 amide bonds. The Balaban J connectivity index is 2.22. The number of anilines is 1. The van der Waals surface area contributed by atoms with Crippen LogP contribution in [0.5, 0.6) is 0 Å². The summed E-state index contributed by atoms with van der Waals surface area (Å²) in [6, 6.07) is 9.98.